The van der Waals surface area contributed by atoms with Crippen molar-refractivity contribution in [3.05, 3.63) is 59.6 Å². The molecule has 4 heterocycles. The zero-order valence-corrected chi connectivity index (χ0v) is 21.9. The van der Waals surface area contributed by atoms with E-state index in [1.54, 1.807) is 19.4 Å². The molecular weight excluding hydrogens is 521 g/mol. The number of carbonyl (C=O) groups excluding carboxylic acids is 1. The first-order chi connectivity index (χ1) is 17.1. The Morgan fingerprint density at radius 1 is 1.11 bits per heavy atom. The molecule has 1 aliphatic heterocycles. The van der Waals surface area contributed by atoms with Gasteiger partial charge in [-0.1, -0.05) is 23.5 Å². The minimum Gasteiger partial charge on any atom is -0.383 e. The lowest BCUT2D eigenvalue weighted by Crippen LogP contribution is -2.47. The summed E-state index contributed by atoms with van der Waals surface area (Å²) in [6, 6.07) is 13.0. The second kappa shape index (κ2) is 11.9. The number of hydrogen-bond acceptors (Lipinski definition) is 9. The Morgan fingerprint density at radius 3 is 2.69 bits per heavy atom. The van der Waals surface area contributed by atoms with E-state index in [0.29, 0.717) is 18.1 Å². The van der Waals surface area contributed by atoms with Crippen LogP contribution in [0.15, 0.2) is 48.7 Å². The van der Waals surface area contributed by atoms with Crippen molar-refractivity contribution in [2.24, 2.45) is 0 Å². The maximum Gasteiger partial charge on any atom is 0.274 e. The number of thiazole rings is 1. The van der Waals surface area contributed by atoms with E-state index in [-0.39, 0.29) is 29.3 Å². The fourth-order valence-corrected chi connectivity index (χ4v) is 5.08. The van der Waals surface area contributed by atoms with Crippen LogP contribution in [0, 0.1) is 0 Å². The van der Waals surface area contributed by atoms with E-state index >= 15 is 0 Å². The summed E-state index contributed by atoms with van der Waals surface area (Å²) in [6.45, 7) is 4.94. The molecule has 0 aliphatic carbocycles. The molecule has 0 atom stereocenters. The number of para-hydroxylation sites is 1. The van der Waals surface area contributed by atoms with E-state index in [2.05, 4.69) is 35.1 Å². The highest BCUT2D eigenvalue weighted by atomic mass is 35.5. The number of carbonyl (C=O) groups is 1. The number of fused-ring (bicyclic) bond motifs is 1. The molecule has 4 aromatic rings. The van der Waals surface area contributed by atoms with Crippen molar-refractivity contribution in [1.29, 1.82) is 0 Å². The molecule has 0 saturated carbocycles. The van der Waals surface area contributed by atoms with Crippen molar-refractivity contribution in [3.63, 3.8) is 0 Å². The average molecular weight is 546 g/mol. The van der Waals surface area contributed by atoms with Crippen LogP contribution in [0.25, 0.3) is 20.9 Å². The van der Waals surface area contributed by atoms with Crippen LogP contribution < -0.4 is 10.2 Å². The number of halogens is 2. The Kier molecular flexibility index (Phi) is 8.65. The van der Waals surface area contributed by atoms with Gasteiger partial charge in [0.1, 0.15) is 26.9 Å². The average Bonchev–Trinajstić information content (AvgIpc) is 3.32. The molecule has 1 fully saturated rings. The van der Waals surface area contributed by atoms with Crippen LogP contribution in [-0.2, 0) is 4.74 Å². The van der Waals surface area contributed by atoms with Crippen molar-refractivity contribution in [3.8, 4) is 10.6 Å². The van der Waals surface area contributed by atoms with Crippen LogP contribution in [0.1, 0.15) is 10.5 Å². The Bertz CT molecular complexity index is 1310. The predicted octanol–water partition coefficient (Wildman–Crippen LogP) is 4.24. The number of amides is 1. The molecule has 0 unspecified atom stereocenters. The Balaban J connectivity index is 0.00000304. The highest BCUT2D eigenvalue weighted by Crippen LogP contribution is 2.33. The topological polar surface area (TPSA) is 96.4 Å². The van der Waals surface area contributed by atoms with E-state index in [9.17, 15) is 4.79 Å². The largest absolute Gasteiger partial charge is 0.383 e. The van der Waals surface area contributed by atoms with Gasteiger partial charge in [-0.2, -0.15) is 0 Å². The first-order valence-electron chi connectivity index (χ1n) is 11.2. The van der Waals surface area contributed by atoms with Crippen molar-refractivity contribution < 1.29 is 9.53 Å². The maximum atomic E-state index is 13.2. The summed E-state index contributed by atoms with van der Waals surface area (Å²) in [6.07, 6.45) is 1.74. The van der Waals surface area contributed by atoms with Crippen molar-refractivity contribution in [2.45, 2.75) is 0 Å². The summed E-state index contributed by atoms with van der Waals surface area (Å²) in [7, 11) is 1.71. The highest BCUT2D eigenvalue weighted by Gasteiger charge is 2.21. The van der Waals surface area contributed by atoms with E-state index in [1.807, 2.05) is 36.4 Å². The van der Waals surface area contributed by atoms with Gasteiger partial charge in [0.15, 0.2) is 0 Å². The van der Waals surface area contributed by atoms with Gasteiger partial charge in [-0.25, -0.2) is 19.9 Å². The van der Waals surface area contributed by atoms with Crippen LogP contribution in [0.2, 0.25) is 5.28 Å². The monoisotopic (exact) mass is 545 g/mol. The number of anilines is 2. The summed E-state index contributed by atoms with van der Waals surface area (Å²) >= 11 is 7.69. The molecule has 3 aromatic heterocycles. The molecule has 9 nitrogen and oxygen atoms in total. The third-order valence-electron chi connectivity index (χ3n) is 5.80. The van der Waals surface area contributed by atoms with Crippen LogP contribution in [0.4, 0.5) is 11.5 Å². The number of nitrogens with zero attached hydrogens (tertiary/aromatic N) is 6. The highest BCUT2D eigenvalue weighted by molar-refractivity contribution is 7.21. The molecule has 0 radical (unpaired) electrons. The fourth-order valence-electron chi connectivity index (χ4n) is 3.96. The molecule has 188 valence electrons. The van der Waals surface area contributed by atoms with Crippen molar-refractivity contribution >= 4 is 63.1 Å². The van der Waals surface area contributed by atoms with Gasteiger partial charge in [0.05, 0.1) is 12.3 Å². The van der Waals surface area contributed by atoms with Gasteiger partial charge in [0, 0.05) is 57.7 Å². The van der Waals surface area contributed by atoms with Crippen LogP contribution >= 0.6 is 35.3 Å². The second-order valence-corrected chi connectivity index (χ2v) is 9.36. The number of nitrogens with one attached hydrogen (secondary N) is 1. The Hall–Kier alpha value is -2.89. The van der Waals surface area contributed by atoms with E-state index in [1.165, 1.54) is 11.3 Å². The molecule has 12 heteroatoms. The number of benzene rings is 1. The molecule has 0 spiro atoms. The van der Waals surface area contributed by atoms with E-state index < -0.39 is 0 Å². The number of piperazine rings is 1. The number of rotatable bonds is 7. The van der Waals surface area contributed by atoms with E-state index in [4.69, 9.17) is 16.3 Å². The summed E-state index contributed by atoms with van der Waals surface area (Å²) < 4.78 is 5.17. The number of ether oxygens (including phenoxy) is 1. The van der Waals surface area contributed by atoms with Gasteiger partial charge < -0.3 is 15.0 Å². The van der Waals surface area contributed by atoms with Gasteiger partial charge >= 0.3 is 0 Å². The summed E-state index contributed by atoms with van der Waals surface area (Å²) in [5, 5.41) is 3.80. The molecule has 1 aliphatic rings. The SMILES string of the molecule is COCCN1CCN(c2cc(C(=O)Nc3ccccc3-c3nc4cccnc4s3)nc(Cl)n2)CC1.Cl. The molecule has 1 amide bonds. The second-order valence-electron chi connectivity index (χ2n) is 8.05. The van der Waals surface area contributed by atoms with Gasteiger partial charge in [-0.05, 0) is 35.9 Å². The lowest BCUT2D eigenvalue weighted by Gasteiger charge is -2.35. The van der Waals surface area contributed by atoms with Gasteiger partial charge in [0.2, 0.25) is 5.28 Å². The van der Waals surface area contributed by atoms with Crippen molar-refractivity contribution in [2.75, 3.05) is 56.7 Å². The summed E-state index contributed by atoms with van der Waals surface area (Å²) in [4.78, 5) is 36.1. The van der Waals surface area contributed by atoms with Gasteiger partial charge in [0.25, 0.3) is 5.91 Å². The lowest BCUT2D eigenvalue weighted by molar-refractivity contribution is 0.102. The van der Waals surface area contributed by atoms with E-state index in [0.717, 1.165) is 53.6 Å². The third kappa shape index (κ3) is 5.91. The molecule has 1 aromatic carbocycles. The fraction of sp³-hybridized carbons (Fsp3) is 0.292. The van der Waals surface area contributed by atoms with Crippen LogP contribution in [-0.4, -0.2) is 77.2 Å². The number of pyridine rings is 1. The Labute approximate surface area is 223 Å². The minimum absolute atomic E-state index is 0. The molecule has 1 saturated heterocycles. The maximum absolute atomic E-state index is 13.2. The van der Waals surface area contributed by atoms with Crippen LogP contribution in [0.3, 0.4) is 0 Å². The minimum atomic E-state index is -0.360. The first kappa shape index (κ1) is 26.2. The van der Waals surface area contributed by atoms with Gasteiger partial charge in [-0.15, -0.1) is 12.4 Å². The normalized spacial score (nSPS) is 14.0. The lowest BCUT2D eigenvalue weighted by atomic mass is 10.2. The summed E-state index contributed by atoms with van der Waals surface area (Å²) in [5.41, 5.74) is 2.49. The first-order valence-corrected chi connectivity index (χ1v) is 12.4. The smallest absolute Gasteiger partial charge is 0.274 e. The number of aromatic nitrogens is 4. The number of methoxy groups -OCH3 is 1. The molecule has 1 N–H and O–H groups in total. The Morgan fingerprint density at radius 2 is 1.92 bits per heavy atom. The van der Waals surface area contributed by atoms with Crippen LogP contribution in [0.5, 0.6) is 0 Å². The zero-order chi connectivity index (χ0) is 24.2. The molecule has 36 heavy (non-hydrogen) atoms. The molecule has 0 bridgehead atoms. The molecule has 5 rings (SSSR count). The number of hydrogen-bond donors (Lipinski definition) is 1. The van der Waals surface area contributed by atoms with Crippen molar-refractivity contribution in [1.82, 2.24) is 24.8 Å². The predicted molar refractivity (Wildman–Crippen MR) is 146 cm³/mol. The zero-order valence-electron chi connectivity index (χ0n) is 19.6. The quantitative estimate of drug-likeness (QED) is 0.344. The summed E-state index contributed by atoms with van der Waals surface area (Å²) in [5.74, 6) is 0.285. The third-order valence-corrected chi connectivity index (χ3v) is 6.98. The van der Waals surface area contributed by atoms with Gasteiger partial charge in [-0.3, -0.25) is 9.69 Å². The standard InChI is InChI=1S/C24H24ClN7O2S.ClH/c1-34-14-13-31-9-11-32(12-10-31)20-15-19(29-24(25)30-20)21(33)27-17-6-3-2-5-16(17)22-28-18-7-4-8-26-23(18)35-22;/h2-8,15H,9-14H2,1H3,(H,27,33);1H. The molecular formula is C24H25Cl2N7O2S.